The van der Waals surface area contributed by atoms with Crippen LogP contribution in [0.4, 0.5) is 5.69 Å². The van der Waals surface area contributed by atoms with Crippen LogP contribution < -0.4 is 10.2 Å². The van der Waals surface area contributed by atoms with Gasteiger partial charge in [-0.3, -0.25) is 14.5 Å². The minimum Gasteiger partial charge on any atom is -0.464 e. The number of carbonyl (C=O) groups excluding carboxylic acids is 2. The summed E-state index contributed by atoms with van der Waals surface area (Å²) in [6, 6.07) is 9.95. The molecule has 2 aromatic heterocycles. The smallest absolute Gasteiger partial charge is 0.280 e. The van der Waals surface area contributed by atoms with Crippen molar-refractivity contribution in [3.8, 4) is 0 Å². The molecule has 2 amide bonds. The lowest BCUT2D eigenvalue weighted by atomic mass is 10.0. The molecule has 0 bridgehead atoms. The number of amides is 2. The van der Waals surface area contributed by atoms with Crippen LogP contribution in [0.25, 0.3) is 0 Å². The highest BCUT2D eigenvalue weighted by molar-refractivity contribution is 7.03. The summed E-state index contributed by atoms with van der Waals surface area (Å²) in [6.07, 6.45) is 0.733. The normalized spacial score (nSPS) is 12.4. The Labute approximate surface area is 180 Å². The first-order valence-corrected chi connectivity index (χ1v) is 10.6. The summed E-state index contributed by atoms with van der Waals surface area (Å²) in [5.41, 5.74) is 1.28. The Balaban J connectivity index is 2.15. The fourth-order valence-electron chi connectivity index (χ4n) is 3.01. The highest BCUT2D eigenvalue weighted by Gasteiger charge is 2.38. The maximum Gasteiger partial charge on any atom is 0.280 e. The van der Waals surface area contributed by atoms with Crippen molar-refractivity contribution in [1.29, 1.82) is 0 Å². The zero-order valence-electron chi connectivity index (χ0n) is 17.8. The van der Waals surface area contributed by atoms with Gasteiger partial charge in [-0.1, -0.05) is 23.5 Å². The summed E-state index contributed by atoms with van der Waals surface area (Å²) in [7, 11) is 0. The quantitative estimate of drug-likeness (QED) is 0.603. The van der Waals surface area contributed by atoms with E-state index in [1.165, 1.54) is 4.90 Å². The minimum atomic E-state index is -1.000. The van der Waals surface area contributed by atoms with Crippen molar-refractivity contribution in [3.05, 3.63) is 64.6 Å². The van der Waals surface area contributed by atoms with Crippen molar-refractivity contribution in [2.24, 2.45) is 0 Å². The molecule has 0 spiro atoms. The zero-order chi connectivity index (χ0) is 21.9. The molecular formula is C22H26N4O3S. The molecule has 7 nitrogen and oxygen atoms in total. The van der Waals surface area contributed by atoms with E-state index in [4.69, 9.17) is 4.42 Å². The van der Waals surface area contributed by atoms with Crippen molar-refractivity contribution in [1.82, 2.24) is 14.9 Å². The van der Waals surface area contributed by atoms with Crippen LogP contribution >= 0.6 is 11.5 Å². The lowest BCUT2D eigenvalue weighted by Crippen LogP contribution is -2.50. The maximum absolute atomic E-state index is 13.5. The van der Waals surface area contributed by atoms with Crippen molar-refractivity contribution in [3.63, 3.8) is 0 Å². The Kier molecular flexibility index (Phi) is 6.36. The SMILES string of the molecule is CCC(C)(C)NC(=O)C(c1ccc(C)o1)N(C(=O)c1csnn1)c1cccc(C)c1. The van der Waals surface area contributed by atoms with E-state index < -0.39 is 17.5 Å². The molecule has 1 atom stereocenters. The standard InChI is InChI=1S/C22H26N4O3S/c1-6-22(4,5)23-20(27)19(18-11-10-15(3)29-18)26(16-9-7-8-14(2)12-16)21(28)17-13-30-25-24-17/h7-13,19H,6H2,1-5H3,(H,23,27). The first-order chi connectivity index (χ1) is 14.2. The van der Waals surface area contributed by atoms with E-state index in [1.54, 1.807) is 30.5 Å². The van der Waals surface area contributed by atoms with Crippen molar-refractivity contribution < 1.29 is 14.0 Å². The molecule has 0 aliphatic rings. The molecular weight excluding hydrogens is 400 g/mol. The average molecular weight is 427 g/mol. The summed E-state index contributed by atoms with van der Waals surface area (Å²) >= 11 is 1.08. The zero-order valence-corrected chi connectivity index (χ0v) is 18.6. The summed E-state index contributed by atoms with van der Waals surface area (Å²) in [5, 5.41) is 8.56. The van der Waals surface area contributed by atoms with Gasteiger partial charge in [0.2, 0.25) is 0 Å². The third-order valence-electron chi connectivity index (χ3n) is 4.96. The second kappa shape index (κ2) is 8.79. The summed E-state index contributed by atoms with van der Waals surface area (Å²) < 4.78 is 9.64. The number of anilines is 1. The van der Waals surface area contributed by atoms with Gasteiger partial charge in [0.15, 0.2) is 11.7 Å². The van der Waals surface area contributed by atoms with Crippen LogP contribution in [0, 0.1) is 13.8 Å². The largest absolute Gasteiger partial charge is 0.464 e. The van der Waals surface area contributed by atoms with Crippen LogP contribution in [0.15, 0.2) is 46.2 Å². The van der Waals surface area contributed by atoms with E-state index in [-0.39, 0.29) is 11.6 Å². The molecule has 0 aliphatic carbocycles. The van der Waals surface area contributed by atoms with Gasteiger partial charge < -0.3 is 9.73 Å². The summed E-state index contributed by atoms with van der Waals surface area (Å²) in [5.74, 6) is 0.298. The van der Waals surface area contributed by atoms with Crippen molar-refractivity contribution in [2.45, 2.75) is 52.6 Å². The third-order valence-corrected chi connectivity index (χ3v) is 5.47. The van der Waals surface area contributed by atoms with Gasteiger partial charge in [0, 0.05) is 16.6 Å². The Morgan fingerprint density at radius 2 is 2.00 bits per heavy atom. The van der Waals surface area contributed by atoms with Gasteiger partial charge in [-0.2, -0.15) is 0 Å². The molecule has 1 aromatic carbocycles. The van der Waals surface area contributed by atoms with Crippen LogP contribution in [0.3, 0.4) is 0 Å². The molecule has 0 saturated carbocycles. The van der Waals surface area contributed by atoms with E-state index in [0.717, 1.165) is 23.5 Å². The van der Waals surface area contributed by atoms with E-state index >= 15 is 0 Å². The molecule has 30 heavy (non-hydrogen) atoms. The highest BCUT2D eigenvalue weighted by Crippen LogP contribution is 2.32. The van der Waals surface area contributed by atoms with Crippen LogP contribution in [0.1, 0.15) is 60.8 Å². The number of rotatable bonds is 7. The van der Waals surface area contributed by atoms with Gasteiger partial charge >= 0.3 is 0 Å². The number of aryl methyl sites for hydroxylation is 2. The number of nitrogens with one attached hydrogen (secondary N) is 1. The molecule has 0 radical (unpaired) electrons. The van der Waals surface area contributed by atoms with Crippen LogP contribution in [0.5, 0.6) is 0 Å². The van der Waals surface area contributed by atoms with Crippen LogP contribution in [0.2, 0.25) is 0 Å². The predicted octanol–water partition coefficient (Wildman–Crippen LogP) is 4.44. The minimum absolute atomic E-state index is 0.178. The first kappa shape index (κ1) is 21.7. The number of benzene rings is 1. The summed E-state index contributed by atoms with van der Waals surface area (Å²) in [4.78, 5) is 28.4. The number of furan rings is 1. The molecule has 2 heterocycles. The Morgan fingerprint density at radius 3 is 2.57 bits per heavy atom. The number of hydrogen-bond acceptors (Lipinski definition) is 6. The fourth-order valence-corrected chi connectivity index (χ4v) is 3.44. The number of nitrogens with zero attached hydrogens (tertiary/aromatic N) is 3. The predicted molar refractivity (Wildman–Crippen MR) is 117 cm³/mol. The molecule has 8 heteroatoms. The van der Waals surface area contributed by atoms with E-state index in [9.17, 15) is 9.59 Å². The summed E-state index contributed by atoms with van der Waals surface area (Å²) in [6.45, 7) is 9.62. The molecule has 1 N–H and O–H groups in total. The highest BCUT2D eigenvalue weighted by atomic mass is 32.1. The van der Waals surface area contributed by atoms with E-state index in [2.05, 4.69) is 14.9 Å². The topological polar surface area (TPSA) is 88.3 Å². The monoisotopic (exact) mass is 426 g/mol. The first-order valence-electron chi connectivity index (χ1n) is 9.77. The van der Waals surface area contributed by atoms with Gasteiger partial charge in [0.25, 0.3) is 11.8 Å². The van der Waals surface area contributed by atoms with Crippen LogP contribution in [-0.4, -0.2) is 26.9 Å². The lowest BCUT2D eigenvalue weighted by molar-refractivity contribution is -0.124. The van der Waals surface area contributed by atoms with Gasteiger partial charge in [-0.05, 0) is 75.5 Å². The second-order valence-electron chi connectivity index (χ2n) is 7.88. The maximum atomic E-state index is 13.5. The van der Waals surface area contributed by atoms with Gasteiger partial charge in [-0.15, -0.1) is 5.10 Å². The Hall–Kier alpha value is -3.00. The third kappa shape index (κ3) is 4.76. The molecule has 0 saturated heterocycles. The fraction of sp³-hybridized carbons (Fsp3) is 0.364. The molecule has 158 valence electrons. The Morgan fingerprint density at radius 1 is 1.23 bits per heavy atom. The second-order valence-corrected chi connectivity index (χ2v) is 8.49. The van der Waals surface area contributed by atoms with E-state index in [1.807, 2.05) is 45.9 Å². The number of hydrogen-bond donors (Lipinski definition) is 1. The molecule has 3 aromatic rings. The van der Waals surface area contributed by atoms with Gasteiger partial charge in [-0.25, -0.2) is 0 Å². The van der Waals surface area contributed by atoms with Crippen molar-refractivity contribution in [2.75, 3.05) is 4.90 Å². The molecule has 1 unspecified atom stereocenters. The van der Waals surface area contributed by atoms with E-state index in [0.29, 0.717) is 17.2 Å². The van der Waals surface area contributed by atoms with Crippen molar-refractivity contribution >= 4 is 29.0 Å². The number of aromatic nitrogens is 2. The average Bonchev–Trinajstić information content (AvgIpc) is 3.37. The molecule has 0 aliphatic heterocycles. The molecule has 0 fully saturated rings. The lowest BCUT2D eigenvalue weighted by Gasteiger charge is -2.33. The Bertz CT molecular complexity index is 1030. The van der Waals surface area contributed by atoms with Crippen LogP contribution in [-0.2, 0) is 4.79 Å². The molecule has 3 rings (SSSR count). The number of carbonyl (C=O) groups is 2. The van der Waals surface area contributed by atoms with Gasteiger partial charge in [0.05, 0.1) is 0 Å². The van der Waals surface area contributed by atoms with Gasteiger partial charge in [0.1, 0.15) is 11.5 Å².